The van der Waals surface area contributed by atoms with Gasteiger partial charge in [-0.05, 0) is 29.8 Å². The third-order valence-corrected chi connectivity index (χ3v) is 3.56. The molecular weight excluding hydrogens is 248 g/mol. The Morgan fingerprint density at radius 2 is 2.00 bits per heavy atom. The molecule has 4 nitrogen and oxygen atoms in total. The van der Waals surface area contributed by atoms with Gasteiger partial charge < -0.3 is 4.74 Å². The molecule has 0 bridgehead atoms. The lowest BCUT2D eigenvalue weighted by molar-refractivity contribution is 0.415. The molecule has 0 N–H and O–H groups in total. The summed E-state index contributed by atoms with van der Waals surface area (Å²) >= 11 is 1.45. The van der Waals surface area contributed by atoms with E-state index in [1.54, 1.807) is 11.5 Å². The Kier molecular flexibility index (Phi) is 2.60. The Balaban J connectivity index is 2.22. The second-order valence-electron chi connectivity index (χ2n) is 3.75. The standard InChI is InChI=1S/C13H10N2O2S/c1-17-10-4-2-9(3-5-10)11-8-18-13-14-7-6-12(16)15(11)13/h2-8H,1H3. The highest BCUT2D eigenvalue weighted by atomic mass is 32.1. The number of hydrogen-bond acceptors (Lipinski definition) is 4. The zero-order valence-corrected chi connectivity index (χ0v) is 10.5. The first kappa shape index (κ1) is 11.0. The summed E-state index contributed by atoms with van der Waals surface area (Å²) < 4.78 is 6.74. The first-order chi connectivity index (χ1) is 8.79. The molecule has 3 aromatic rings. The predicted molar refractivity (Wildman–Crippen MR) is 71.3 cm³/mol. The van der Waals surface area contributed by atoms with Crippen LogP contribution in [0, 0.1) is 0 Å². The van der Waals surface area contributed by atoms with E-state index in [1.807, 2.05) is 29.6 Å². The maximum Gasteiger partial charge on any atom is 0.258 e. The van der Waals surface area contributed by atoms with Crippen LogP contribution in [-0.2, 0) is 0 Å². The summed E-state index contributed by atoms with van der Waals surface area (Å²) in [6.07, 6.45) is 1.53. The first-order valence-electron chi connectivity index (χ1n) is 5.39. The van der Waals surface area contributed by atoms with Crippen LogP contribution in [0.5, 0.6) is 5.75 Å². The molecule has 5 heteroatoms. The number of aromatic nitrogens is 2. The Labute approximate surface area is 107 Å². The molecule has 0 aliphatic rings. The number of thiazole rings is 1. The molecule has 0 radical (unpaired) electrons. The molecule has 0 fully saturated rings. The second kappa shape index (κ2) is 4.27. The fraction of sp³-hybridized carbons (Fsp3) is 0.0769. The zero-order valence-electron chi connectivity index (χ0n) is 9.66. The van der Waals surface area contributed by atoms with Gasteiger partial charge in [-0.2, -0.15) is 0 Å². The van der Waals surface area contributed by atoms with Crippen LogP contribution in [-0.4, -0.2) is 16.5 Å². The minimum atomic E-state index is -0.0629. The van der Waals surface area contributed by atoms with E-state index in [9.17, 15) is 4.79 Å². The molecule has 18 heavy (non-hydrogen) atoms. The van der Waals surface area contributed by atoms with Crippen molar-refractivity contribution < 1.29 is 4.74 Å². The summed E-state index contributed by atoms with van der Waals surface area (Å²) in [5.41, 5.74) is 1.76. The summed E-state index contributed by atoms with van der Waals surface area (Å²) in [7, 11) is 1.63. The maximum absolute atomic E-state index is 11.9. The fourth-order valence-electron chi connectivity index (χ4n) is 1.82. The van der Waals surface area contributed by atoms with Crippen molar-refractivity contribution >= 4 is 16.3 Å². The predicted octanol–water partition coefficient (Wildman–Crippen LogP) is 2.43. The smallest absolute Gasteiger partial charge is 0.258 e. The van der Waals surface area contributed by atoms with Gasteiger partial charge in [-0.1, -0.05) is 0 Å². The van der Waals surface area contributed by atoms with Crippen LogP contribution in [0.2, 0.25) is 0 Å². The second-order valence-corrected chi connectivity index (χ2v) is 4.59. The molecule has 0 aliphatic carbocycles. The van der Waals surface area contributed by atoms with E-state index in [2.05, 4.69) is 4.98 Å². The van der Waals surface area contributed by atoms with Gasteiger partial charge in [-0.15, -0.1) is 11.3 Å². The van der Waals surface area contributed by atoms with E-state index in [1.165, 1.54) is 23.6 Å². The fourth-order valence-corrected chi connectivity index (χ4v) is 2.69. The van der Waals surface area contributed by atoms with Crippen molar-refractivity contribution in [1.29, 1.82) is 0 Å². The monoisotopic (exact) mass is 258 g/mol. The van der Waals surface area contributed by atoms with Gasteiger partial charge >= 0.3 is 0 Å². The number of methoxy groups -OCH3 is 1. The quantitative estimate of drug-likeness (QED) is 0.709. The SMILES string of the molecule is COc1ccc(-c2csc3nccc(=O)n23)cc1. The Bertz CT molecular complexity index is 744. The van der Waals surface area contributed by atoms with Crippen LogP contribution in [0.15, 0.2) is 46.7 Å². The topological polar surface area (TPSA) is 43.6 Å². The van der Waals surface area contributed by atoms with Crippen molar-refractivity contribution in [2.24, 2.45) is 0 Å². The number of benzene rings is 1. The Morgan fingerprint density at radius 3 is 2.72 bits per heavy atom. The lowest BCUT2D eigenvalue weighted by Crippen LogP contribution is -2.11. The lowest BCUT2D eigenvalue weighted by atomic mass is 10.1. The van der Waals surface area contributed by atoms with Crippen molar-refractivity contribution in [3.8, 4) is 17.0 Å². The zero-order chi connectivity index (χ0) is 12.5. The highest BCUT2D eigenvalue weighted by Crippen LogP contribution is 2.25. The van der Waals surface area contributed by atoms with Gasteiger partial charge in [-0.25, -0.2) is 4.98 Å². The highest BCUT2D eigenvalue weighted by Gasteiger charge is 2.08. The van der Waals surface area contributed by atoms with Crippen molar-refractivity contribution in [2.45, 2.75) is 0 Å². The summed E-state index contributed by atoms with van der Waals surface area (Å²) in [6.45, 7) is 0. The van der Waals surface area contributed by atoms with Crippen molar-refractivity contribution in [3.63, 3.8) is 0 Å². The average molecular weight is 258 g/mol. The van der Waals surface area contributed by atoms with E-state index < -0.39 is 0 Å². The average Bonchev–Trinajstić information content (AvgIpc) is 2.84. The molecular formula is C13H10N2O2S. The largest absolute Gasteiger partial charge is 0.497 e. The van der Waals surface area contributed by atoms with Gasteiger partial charge in [0.25, 0.3) is 5.56 Å². The lowest BCUT2D eigenvalue weighted by Gasteiger charge is -2.03. The number of fused-ring (bicyclic) bond motifs is 1. The highest BCUT2D eigenvalue weighted by molar-refractivity contribution is 7.15. The summed E-state index contributed by atoms with van der Waals surface area (Å²) in [4.78, 5) is 16.7. The van der Waals surface area contributed by atoms with Crippen LogP contribution in [0.25, 0.3) is 16.2 Å². The van der Waals surface area contributed by atoms with Crippen LogP contribution >= 0.6 is 11.3 Å². The number of rotatable bonds is 2. The van der Waals surface area contributed by atoms with Crippen LogP contribution in [0.3, 0.4) is 0 Å². The Morgan fingerprint density at radius 1 is 1.22 bits per heavy atom. The van der Waals surface area contributed by atoms with Crippen molar-refractivity contribution in [1.82, 2.24) is 9.38 Å². The maximum atomic E-state index is 11.9. The minimum Gasteiger partial charge on any atom is -0.497 e. The molecule has 0 atom stereocenters. The molecule has 0 unspecified atom stereocenters. The molecule has 0 spiro atoms. The molecule has 90 valence electrons. The van der Waals surface area contributed by atoms with E-state index >= 15 is 0 Å². The van der Waals surface area contributed by atoms with Gasteiger partial charge in [0.15, 0.2) is 4.96 Å². The third kappa shape index (κ3) is 1.69. The number of nitrogens with zero attached hydrogens (tertiary/aromatic N) is 2. The van der Waals surface area contributed by atoms with Crippen molar-refractivity contribution in [3.05, 3.63) is 52.3 Å². The normalized spacial score (nSPS) is 10.7. The van der Waals surface area contributed by atoms with Crippen LogP contribution < -0.4 is 10.3 Å². The van der Waals surface area contributed by atoms with Gasteiger partial charge in [0.2, 0.25) is 0 Å². The van der Waals surface area contributed by atoms with E-state index in [0.29, 0.717) is 4.96 Å². The van der Waals surface area contributed by atoms with Gasteiger partial charge in [0.05, 0.1) is 12.8 Å². The third-order valence-electron chi connectivity index (χ3n) is 2.72. The van der Waals surface area contributed by atoms with Crippen LogP contribution in [0.4, 0.5) is 0 Å². The molecule has 2 heterocycles. The van der Waals surface area contributed by atoms with Crippen molar-refractivity contribution in [2.75, 3.05) is 7.11 Å². The van der Waals surface area contributed by atoms with E-state index in [4.69, 9.17) is 4.74 Å². The van der Waals surface area contributed by atoms with E-state index in [-0.39, 0.29) is 5.56 Å². The van der Waals surface area contributed by atoms with Gasteiger partial charge in [0, 0.05) is 17.6 Å². The molecule has 0 saturated carbocycles. The molecule has 0 saturated heterocycles. The van der Waals surface area contributed by atoms with E-state index in [0.717, 1.165) is 17.0 Å². The van der Waals surface area contributed by atoms with Crippen LogP contribution in [0.1, 0.15) is 0 Å². The molecule has 0 aliphatic heterocycles. The van der Waals surface area contributed by atoms with Gasteiger partial charge in [-0.3, -0.25) is 9.20 Å². The summed E-state index contributed by atoms with van der Waals surface area (Å²) in [5, 5.41) is 1.94. The molecule has 2 aromatic heterocycles. The molecule has 1 aromatic carbocycles. The minimum absolute atomic E-state index is 0.0629. The first-order valence-corrected chi connectivity index (χ1v) is 6.27. The number of ether oxygens (including phenoxy) is 1. The molecule has 0 amide bonds. The summed E-state index contributed by atoms with van der Waals surface area (Å²) in [6, 6.07) is 9.08. The van der Waals surface area contributed by atoms with Gasteiger partial charge in [0.1, 0.15) is 5.75 Å². The summed E-state index contributed by atoms with van der Waals surface area (Å²) in [5.74, 6) is 0.795. The Hall–Kier alpha value is -2.14. The number of hydrogen-bond donors (Lipinski definition) is 0. The molecule has 3 rings (SSSR count).